The molecule has 0 amide bonds. The number of ketones is 1. The van der Waals surface area contributed by atoms with Gasteiger partial charge in [-0.25, -0.2) is 0 Å². The number of nitriles is 2. The Morgan fingerprint density at radius 2 is 1.77 bits per heavy atom. The van der Waals surface area contributed by atoms with E-state index >= 15 is 0 Å². The zero-order valence-corrected chi connectivity index (χ0v) is 17.3. The molecule has 1 saturated heterocycles. The summed E-state index contributed by atoms with van der Waals surface area (Å²) in [5.41, 5.74) is 1.37. The van der Waals surface area contributed by atoms with Crippen LogP contribution in [0.5, 0.6) is 5.75 Å². The molecule has 30 heavy (non-hydrogen) atoms. The normalized spacial score (nSPS) is 25.7. The summed E-state index contributed by atoms with van der Waals surface area (Å²) in [7, 11) is 0. The van der Waals surface area contributed by atoms with E-state index in [4.69, 9.17) is 4.74 Å². The van der Waals surface area contributed by atoms with Gasteiger partial charge < -0.3 is 4.74 Å². The van der Waals surface area contributed by atoms with E-state index < -0.39 is 23.4 Å². The Morgan fingerprint density at radius 1 is 1.10 bits per heavy atom. The third kappa shape index (κ3) is 2.91. The van der Waals surface area contributed by atoms with Crippen molar-refractivity contribution in [2.75, 3.05) is 0 Å². The van der Waals surface area contributed by atoms with Crippen molar-refractivity contribution in [2.45, 2.75) is 44.9 Å². The molecule has 2 aromatic rings. The SMILES string of the molecule is CC(=O)[C@@H]1[C@@H](c2ccc(OC(C)C)cc2)C(C#N)(C#N)[C@H]2c3ccccc3C=C[NH+]12. The summed E-state index contributed by atoms with van der Waals surface area (Å²) in [6.45, 7) is 5.47. The van der Waals surface area contributed by atoms with Crippen molar-refractivity contribution in [1.29, 1.82) is 10.5 Å². The smallest absolute Gasteiger partial charge is 0.212 e. The number of hydrogen-bond donors (Lipinski definition) is 1. The van der Waals surface area contributed by atoms with Gasteiger partial charge in [-0.2, -0.15) is 10.5 Å². The van der Waals surface area contributed by atoms with E-state index in [1.54, 1.807) is 6.92 Å². The zero-order valence-electron chi connectivity index (χ0n) is 17.3. The maximum Gasteiger partial charge on any atom is 0.212 e. The molecule has 0 aromatic heterocycles. The molecular weight excluding hydrogens is 374 g/mol. The van der Waals surface area contributed by atoms with Gasteiger partial charge in [-0.3, -0.25) is 9.69 Å². The third-order valence-corrected chi connectivity index (χ3v) is 6.15. The average Bonchev–Trinajstić information content (AvgIpc) is 3.05. The van der Waals surface area contributed by atoms with Gasteiger partial charge in [0.15, 0.2) is 17.9 Å². The fourth-order valence-electron chi connectivity index (χ4n) is 5.06. The fourth-order valence-corrected chi connectivity index (χ4v) is 5.06. The van der Waals surface area contributed by atoms with Crippen molar-refractivity contribution in [3.63, 3.8) is 0 Å². The zero-order chi connectivity index (χ0) is 21.5. The molecule has 2 aliphatic heterocycles. The van der Waals surface area contributed by atoms with E-state index in [0.29, 0.717) is 0 Å². The number of carbonyl (C=O) groups is 1. The van der Waals surface area contributed by atoms with Gasteiger partial charge in [0.05, 0.1) is 30.4 Å². The summed E-state index contributed by atoms with van der Waals surface area (Å²) in [6.07, 6.45) is 3.97. The van der Waals surface area contributed by atoms with Crippen molar-refractivity contribution < 1.29 is 14.4 Å². The number of benzene rings is 2. The van der Waals surface area contributed by atoms with Gasteiger partial charge in [-0.05, 0) is 43.2 Å². The lowest BCUT2D eigenvalue weighted by atomic mass is 9.68. The van der Waals surface area contributed by atoms with E-state index in [0.717, 1.165) is 27.3 Å². The van der Waals surface area contributed by atoms with Crippen LogP contribution >= 0.6 is 0 Å². The van der Waals surface area contributed by atoms with Crippen LogP contribution in [0.15, 0.2) is 54.7 Å². The minimum absolute atomic E-state index is 0.0288. The molecule has 5 nitrogen and oxygen atoms in total. The van der Waals surface area contributed by atoms with E-state index in [9.17, 15) is 15.3 Å². The first-order chi connectivity index (χ1) is 14.4. The lowest BCUT2D eigenvalue weighted by Crippen LogP contribution is -3.11. The summed E-state index contributed by atoms with van der Waals surface area (Å²) in [5, 5.41) is 20.7. The quantitative estimate of drug-likeness (QED) is 0.858. The van der Waals surface area contributed by atoms with Gasteiger partial charge in [0.2, 0.25) is 5.41 Å². The highest BCUT2D eigenvalue weighted by atomic mass is 16.5. The lowest BCUT2D eigenvalue weighted by molar-refractivity contribution is -0.885. The van der Waals surface area contributed by atoms with Crippen LogP contribution in [-0.2, 0) is 4.79 Å². The van der Waals surface area contributed by atoms with Crippen LogP contribution < -0.4 is 9.64 Å². The van der Waals surface area contributed by atoms with Crippen molar-refractivity contribution in [2.24, 2.45) is 5.41 Å². The van der Waals surface area contributed by atoms with Gasteiger partial charge in [-0.1, -0.05) is 36.4 Å². The molecule has 0 spiro atoms. The van der Waals surface area contributed by atoms with Crippen LogP contribution in [0.1, 0.15) is 49.4 Å². The van der Waals surface area contributed by atoms with Gasteiger partial charge in [-0.15, -0.1) is 0 Å². The number of rotatable bonds is 4. The second-order valence-electron chi connectivity index (χ2n) is 8.29. The Balaban J connectivity index is 1.89. The molecule has 2 heterocycles. The third-order valence-electron chi connectivity index (χ3n) is 6.15. The highest BCUT2D eigenvalue weighted by molar-refractivity contribution is 5.82. The number of carbonyl (C=O) groups excluding carboxylic acids is 1. The number of hydrogen-bond acceptors (Lipinski definition) is 4. The number of nitrogens with one attached hydrogen (secondary N) is 1. The van der Waals surface area contributed by atoms with Gasteiger partial charge in [0.25, 0.3) is 0 Å². The summed E-state index contributed by atoms with van der Waals surface area (Å²) < 4.78 is 5.74. The molecule has 1 fully saturated rings. The van der Waals surface area contributed by atoms with Gasteiger partial charge in [0.1, 0.15) is 5.75 Å². The molecule has 4 rings (SSSR count). The molecular formula is C25H24N3O2+. The Labute approximate surface area is 176 Å². The fraction of sp³-hybridized carbons (Fsp3) is 0.320. The average molecular weight is 398 g/mol. The van der Waals surface area contributed by atoms with Crippen molar-refractivity contribution in [3.05, 3.63) is 71.4 Å². The number of ether oxygens (including phenoxy) is 1. The lowest BCUT2D eigenvalue weighted by Gasteiger charge is -2.29. The minimum atomic E-state index is -1.37. The Hall–Kier alpha value is -3.41. The second kappa shape index (κ2) is 7.44. The summed E-state index contributed by atoms with van der Waals surface area (Å²) in [4.78, 5) is 13.7. The van der Waals surface area contributed by atoms with E-state index in [-0.39, 0.29) is 11.9 Å². The first kappa shape index (κ1) is 19.9. The standard InChI is InChI=1S/C25H23N3O2/c1-16(2)30-20-10-8-19(9-11-20)22-23(17(3)29)28-13-12-18-6-4-5-7-21(18)24(28)25(22,14-26)15-27/h4-13,16,22-24H,1-3H3/p+1/t22-,23-,24-/m1/s1. The van der Waals surface area contributed by atoms with E-state index in [1.807, 2.05) is 74.7 Å². The molecule has 2 aromatic carbocycles. The number of quaternary nitrogens is 1. The first-order valence-electron chi connectivity index (χ1n) is 10.2. The number of nitrogens with zero attached hydrogens (tertiary/aromatic N) is 2. The van der Waals surface area contributed by atoms with Crippen LogP contribution in [-0.4, -0.2) is 17.9 Å². The van der Waals surface area contributed by atoms with Crippen molar-refractivity contribution >= 4 is 11.9 Å². The highest BCUT2D eigenvalue weighted by Crippen LogP contribution is 2.51. The van der Waals surface area contributed by atoms with E-state index in [1.165, 1.54) is 0 Å². The molecule has 5 heteroatoms. The molecule has 2 aliphatic rings. The van der Waals surface area contributed by atoms with Crippen LogP contribution in [0, 0.1) is 28.1 Å². The highest BCUT2D eigenvalue weighted by Gasteiger charge is 2.67. The molecule has 0 saturated carbocycles. The Kier molecular flexibility index (Phi) is 4.94. The Bertz CT molecular complexity index is 1070. The summed E-state index contributed by atoms with van der Waals surface area (Å²) >= 11 is 0. The molecule has 0 radical (unpaired) electrons. The maximum absolute atomic E-state index is 12.8. The largest absolute Gasteiger partial charge is 0.491 e. The van der Waals surface area contributed by atoms with Crippen LogP contribution in [0.3, 0.4) is 0 Å². The number of Topliss-reactive ketones (excluding diaryl/α,β-unsaturated/α-hetero) is 1. The van der Waals surface area contributed by atoms with Crippen LogP contribution in [0.2, 0.25) is 0 Å². The monoisotopic (exact) mass is 398 g/mol. The minimum Gasteiger partial charge on any atom is -0.491 e. The Morgan fingerprint density at radius 3 is 2.37 bits per heavy atom. The molecule has 4 atom stereocenters. The van der Waals surface area contributed by atoms with Crippen LogP contribution in [0.4, 0.5) is 0 Å². The van der Waals surface area contributed by atoms with Crippen molar-refractivity contribution in [1.82, 2.24) is 0 Å². The van der Waals surface area contributed by atoms with Gasteiger partial charge >= 0.3 is 0 Å². The van der Waals surface area contributed by atoms with Crippen LogP contribution in [0.25, 0.3) is 6.08 Å². The van der Waals surface area contributed by atoms with E-state index in [2.05, 4.69) is 12.1 Å². The molecule has 0 aliphatic carbocycles. The van der Waals surface area contributed by atoms with Gasteiger partial charge in [0, 0.05) is 12.5 Å². The predicted octanol–water partition coefficient (Wildman–Crippen LogP) is 3.17. The topological polar surface area (TPSA) is 78.3 Å². The molecule has 0 bridgehead atoms. The first-order valence-corrected chi connectivity index (χ1v) is 10.2. The maximum atomic E-state index is 12.8. The summed E-state index contributed by atoms with van der Waals surface area (Å²) in [6, 6.07) is 19.0. The molecule has 1 N–H and O–H groups in total. The predicted molar refractivity (Wildman–Crippen MR) is 112 cm³/mol. The summed E-state index contributed by atoms with van der Waals surface area (Å²) in [5.74, 6) is 0.147. The van der Waals surface area contributed by atoms with Crippen molar-refractivity contribution in [3.8, 4) is 17.9 Å². The second-order valence-corrected chi connectivity index (χ2v) is 8.29. The molecule has 150 valence electrons. The number of fused-ring (bicyclic) bond motifs is 3. The molecule has 1 unspecified atom stereocenters.